The maximum absolute atomic E-state index is 4.23. The van der Waals surface area contributed by atoms with Gasteiger partial charge in [-0.15, -0.1) is 0 Å². The van der Waals surface area contributed by atoms with E-state index >= 15 is 0 Å². The molecular weight excluding hydrogens is 196 g/mol. The lowest BCUT2D eigenvalue weighted by molar-refractivity contribution is 0.494. The minimum atomic E-state index is 0.170. The number of hydrogen-bond donors (Lipinski definition) is 0. The summed E-state index contributed by atoms with van der Waals surface area (Å²) in [5.74, 6) is 0. The van der Waals surface area contributed by atoms with E-state index in [4.69, 9.17) is 0 Å². The van der Waals surface area contributed by atoms with Crippen molar-refractivity contribution in [2.75, 3.05) is 0 Å². The molecule has 0 unspecified atom stereocenters. The Balaban J connectivity index is 2.78. The fourth-order valence-corrected chi connectivity index (χ4v) is 2.20. The third-order valence-electron chi connectivity index (χ3n) is 2.93. The normalized spacial score (nSPS) is 12.6. The van der Waals surface area contributed by atoms with Gasteiger partial charge >= 0.3 is 0 Å². The third kappa shape index (κ3) is 1.73. The van der Waals surface area contributed by atoms with Gasteiger partial charge in [0, 0.05) is 28.7 Å². The Hall–Kier alpha value is -1.31. The molecule has 0 saturated heterocycles. The first-order chi connectivity index (χ1) is 7.41. The summed E-state index contributed by atoms with van der Waals surface area (Å²) >= 11 is 0. The largest absolute Gasteiger partial charge is 0.340 e. The third-order valence-corrected chi connectivity index (χ3v) is 2.93. The Morgan fingerprint density at radius 2 is 1.94 bits per heavy atom. The van der Waals surface area contributed by atoms with Gasteiger partial charge in [-0.3, -0.25) is 4.98 Å². The van der Waals surface area contributed by atoms with Crippen LogP contribution in [0.15, 0.2) is 24.5 Å². The fourth-order valence-electron chi connectivity index (χ4n) is 2.20. The van der Waals surface area contributed by atoms with E-state index in [2.05, 4.69) is 56.3 Å². The minimum absolute atomic E-state index is 0.170. The molecule has 86 valence electrons. The summed E-state index contributed by atoms with van der Waals surface area (Å²) in [5, 5.41) is 1.29. The van der Waals surface area contributed by atoms with Crippen LogP contribution in [0, 0.1) is 0 Å². The van der Waals surface area contributed by atoms with E-state index in [-0.39, 0.29) is 5.41 Å². The second kappa shape index (κ2) is 3.62. The zero-order valence-corrected chi connectivity index (χ0v) is 10.8. The number of hydrogen-bond acceptors (Lipinski definition) is 1. The van der Waals surface area contributed by atoms with E-state index in [1.165, 1.54) is 16.6 Å². The summed E-state index contributed by atoms with van der Waals surface area (Å²) in [6.45, 7) is 11.2. The van der Waals surface area contributed by atoms with Crippen LogP contribution in [-0.2, 0) is 5.41 Å². The highest BCUT2D eigenvalue weighted by atomic mass is 15.0. The average Bonchev–Trinajstić information content (AvgIpc) is 2.55. The molecule has 2 aromatic rings. The smallest absolute Gasteiger partial charge is 0.0671 e. The van der Waals surface area contributed by atoms with Crippen molar-refractivity contribution in [3.63, 3.8) is 0 Å². The summed E-state index contributed by atoms with van der Waals surface area (Å²) in [5.41, 5.74) is 2.79. The Bertz CT molecular complexity index is 501. The van der Waals surface area contributed by atoms with Crippen molar-refractivity contribution in [1.29, 1.82) is 0 Å². The van der Waals surface area contributed by atoms with Crippen molar-refractivity contribution in [3.05, 3.63) is 30.2 Å². The molecule has 2 rings (SSSR count). The Morgan fingerprint density at radius 1 is 1.25 bits per heavy atom. The standard InChI is InChI=1S/C14H20N2/c1-10(2)16-12-9-15-7-6-11(12)8-13(16)14(3,4)5/h6-10H,1-5H3. The summed E-state index contributed by atoms with van der Waals surface area (Å²) in [7, 11) is 0. The van der Waals surface area contributed by atoms with Gasteiger partial charge in [-0.25, -0.2) is 0 Å². The zero-order chi connectivity index (χ0) is 11.9. The van der Waals surface area contributed by atoms with Crippen molar-refractivity contribution in [3.8, 4) is 0 Å². The average molecular weight is 216 g/mol. The van der Waals surface area contributed by atoms with Crippen LogP contribution in [0.1, 0.15) is 46.4 Å². The van der Waals surface area contributed by atoms with Crippen molar-refractivity contribution >= 4 is 10.9 Å². The molecule has 0 spiro atoms. The lowest BCUT2D eigenvalue weighted by Gasteiger charge is -2.24. The maximum Gasteiger partial charge on any atom is 0.0671 e. The molecule has 0 aromatic carbocycles. The summed E-state index contributed by atoms with van der Waals surface area (Å²) in [6, 6.07) is 4.84. The minimum Gasteiger partial charge on any atom is -0.340 e. The van der Waals surface area contributed by atoms with Crippen LogP contribution in [0.5, 0.6) is 0 Å². The van der Waals surface area contributed by atoms with E-state index in [1.54, 1.807) is 0 Å². The first-order valence-electron chi connectivity index (χ1n) is 5.86. The maximum atomic E-state index is 4.23. The number of pyridine rings is 1. The van der Waals surface area contributed by atoms with Gasteiger partial charge in [0.05, 0.1) is 11.7 Å². The number of nitrogens with zero attached hydrogens (tertiary/aromatic N) is 2. The molecule has 2 aromatic heterocycles. The molecule has 0 atom stereocenters. The van der Waals surface area contributed by atoms with Crippen LogP contribution >= 0.6 is 0 Å². The highest BCUT2D eigenvalue weighted by Gasteiger charge is 2.21. The van der Waals surface area contributed by atoms with Crippen molar-refractivity contribution in [2.45, 2.75) is 46.1 Å². The van der Waals surface area contributed by atoms with Crippen molar-refractivity contribution in [2.24, 2.45) is 0 Å². The highest BCUT2D eigenvalue weighted by molar-refractivity contribution is 5.80. The molecule has 0 aliphatic rings. The summed E-state index contributed by atoms with van der Waals surface area (Å²) in [4.78, 5) is 4.23. The first-order valence-corrected chi connectivity index (χ1v) is 5.86. The molecule has 0 saturated carbocycles. The molecule has 2 nitrogen and oxygen atoms in total. The molecule has 2 heterocycles. The van der Waals surface area contributed by atoms with Gasteiger partial charge in [-0.05, 0) is 26.0 Å². The molecule has 0 amide bonds. The number of rotatable bonds is 1. The lowest BCUT2D eigenvalue weighted by atomic mass is 9.92. The second-order valence-corrected chi connectivity index (χ2v) is 5.68. The lowest BCUT2D eigenvalue weighted by Crippen LogP contribution is -2.18. The molecule has 0 bridgehead atoms. The molecule has 0 fully saturated rings. The number of fused-ring (bicyclic) bond motifs is 1. The quantitative estimate of drug-likeness (QED) is 0.706. The van der Waals surface area contributed by atoms with Gasteiger partial charge in [-0.2, -0.15) is 0 Å². The SMILES string of the molecule is CC(C)n1c(C(C)(C)C)cc2ccncc21. The van der Waals surface area contributed by atoms with Crippen LogP contribution < -0.4 is 0 Å². The van der Waals surface area contributed by atoms with Gasteiger partial charge in [0.2, 0.25) is 0 Å². The highest BCUT2D eigenvalue weighted by Crippen LogP contribution is 2.31. The van der Waals surface area contributed by atoms with Crippen molar-refractivity contribution in [1.82, 2.24) is 9.55 Å². The first kappa shape index (κ1) is 11.2. The summed E-state index contributed by atoms with van der Waals surface area (Å²) < 4.78 is 2.39. The van der Waals surface area contributed by atoms with Crippen LogP contribution in [0.4, 0.5) is 0 Å². The summed E-state index contributed by atoms with van der Waals surface area (Å²) in [6.07, 6.45) is 3.82. The molecular formula is C14H20N2. The van der Waals surface area contributed by atoms with Gasteiger partial charge in [-0.1, -0.05) is 20.8 Å². The molecule has 16 heavy (non-hydrogen) atoms. The Kier molecular flexibility index (Phi) is 2.53. The zero-order valence-electron chi connectivity index (χ0n) is 10.8. The fraction of sp³-hybridized carbons (Fsp3) is 0.500. The van der Waals surface area contributed by atoms with E-state index < -0.39 is 0 Å². The van der Waals surface area contributed by atoms with Gasteiger partial charge in [0.15, 0.2) is 0 Å². The van der Waals surface area contributed by atoms with E-state index in [9.17, 15) is 0 Å². The Morgan fingerprint density at radius 3 is 2.50 bits per heavy atom. The molecule has 0 aliphatic heterocycles. The van der Waals surface area contributed by atoms with Crippen LogP contribution in [0.3, 0.4) is 0 Å². The van der Waals surface area contributed by atoms with Crippen LogP contribution in [0.2, 0.25) is 0 Å². The predicted octanol–water partition coefficient (Wildman–Crippen LogP) is 3.91. The van der Waals surface area contributed by atoms with E-state index in [0.29, 0.717) is 6.04 Å². The molecule has 0 radical (unpaired) electrons. The topological polar surface area (TPSA) is 17.8 Å². The molecule has 2 heteroatoms. The van der Waals surface area contributed by atoms with Gasteiger partial charge in [0.1, 0.15) is 0 Å². The monoisotopic (exact) mass is 216 g/mol. The predicted molar refractivity (Wildman–Crippen MR) is 68.8 cm³/mol. The van der Waals surface area contributed by atoms with E-state index in [1.807, 2.05) is 12.4 Å². The van der Waals surface area contributed by atoms with Gasteiger partial charge in [0.25, 0.3) is 0 Å². The van der Waals surface area contributed by atoms with Gasteiger partial charge < -0.3 is 4.57 Å². The molecule has 0 N–H and O–H groups in total. The second-order valence-electron chi connectivity index (χ2n) is 5.68. The van der Waals surface area contributed by atoms with Crippen molar-refractivity contribution < 1.29 is 0 Å². The molecule has 0 aliphatic carbocycles. The Labute approximate surface area is 97.3 Å². The van der Waals surface area contributed by atoms with E-state index in [0.717, 1.165) is 0 Å². The number of aromatic nitrogens is 2. The van der Waals surface area contributed by atoms with Crippen LogP contribution in [0.25, 0.3) is 10.9 Å². The van der Waals surface area contributed by atoms with Crippen LogP contribution in [-0.4, -0.2) is 9.55 Å².